The van der Waals surface area contributed by atoms with Crippen LogP contribution in [-0.2, 0) is 16.3 Å². The second kappa shape index (κ2) is 5.85. The maximum atomic E-state index is 12.3. The standard InChI is InChI=1S/C14H20O3S/c15-11-3-4-12-7-9-14(10-8-12)18(16,17)13-5-1-2-6-13/h7-10,13,15H,1-6,11H2. The van der Waals surface area contributed by atoms with Crippen LogP contribution in [0.2, 0.25) is 0 Å². The molecule has 1 aromatic rings. The number of sulfone groups is 1. The van der Waals surface area contributed by atoms with Gasteiger partial charge in [-0.05, 0) is 43.4 Å². The summed E-state index contributed by atoms with van der Waals surface area (Å²) in [5.74, 6) is 0. The van der Waals surface area contributed by atoms with Gasteiger partial charge >= 0.3 is 0 Å². The molecule has 0 aromatic heterocycles. The summed E-state index contributed by atoms with van der Waals surface area (Å²) in [6.45, 7) is 0.169. The van der Waals surface area contributed by atoms with E-state index in [1.807, 2.05) is 12.1 Å². The zero-order valence-corrected chi connectivity index (χ0v) is 11.3. The minimum Gasteiger partial charge on any atom is -0.396 e. The van der Waals surface area contributed by atoms with Crippen molar-refractivity contribution in [3.63, 3.8) is 0 Å². The first-order valence-corrected chi connectivity index (χ1v) is 8.13. The van der Waals surface area contributed by atoms with E-state index in [1.54, 1.807) is 12.1 Å². The van der Waals surface area contributed by atoms with E-state index in [9.17, 15) is 8.42 Å². The summed E-state index contributed by atoms with van der Waals surface area (Å²) in [5.41, 5.74) is 1.08. The quantitative estimate of drug-likeness (QED) is 0.891. The minimum absolute atomic E-state index is 0.169. The number of aliphatic hydroxyl groups excluding tert-OH is 1. The average molecular weight is 268 g/mol. The molecule has 0 unspecified atom stereocenters. The molecule has 0 radical (unpaired) electrons. The van der Waals surface area contributed by atoms with Crippen molar-refractivity contribution in [2.45, 2.75) is 48.7 Å². The summed E-state index contributed by atoms with van der Waals surface area (Å²) in [6.07, 6.45) is 5.16. The Morgan fingerprint density at radius 2 is 1.72 bits per heavy atom. The van der Waals surface area contributed by atoms with E-state index in [0.29, 0.717) is 11.3 Å². The van der Waals surface area contributed by atoms with E-state index in [0.717, 1.165) is 37.7 Å². The van der Waals surface area contributed by atoms with Gasteiger partial charge < -0.3 is 5.11 Å². The van der Waals surface area contributed by atoms with Gasteiger partial charge in [-0.2, -0.15) is 0 Å². The second-order valence-corrected chi connectivity index (χ2v) is 7.15. The highest BCUT2D eigenvalue weighted by molar-refractivity contribution is 7.92. The lowest BCUT2D eigenvalue weighted by molar-refractivity contribution is 0.288. The lowest BCUT2D eigenvalue weighted by Gasteiger charge is -2.11. The molecule has 0 atom stereocenters. The Hall–Kier alpha value is -0.870. The highest BCUT2D eigenvalue weighted by Crippen LogP contribution is 2.29. The monoisotopic (exact) mass is 268 g/mol. The molecule has 1 N–H and O–H groups in total. The smallest absolute Gasteiger partial charge is 0.181 e. The van der Waals surface area contributed by atoms with Crippen LogP contribution < -0.4 is 0 Å². The summed E-state index contributed by atoms with van der Waals surface area (Å²) in [4.78, 5) is 0.446. The zero-order chi connectivity index (χ0) is 13.0. The second-order valence-electron chi connectivity index (χ2n) is 4.92. The van der Waals surface area contributed by atoms with E-state index in [1.165, 1.54) is 0 Å². The Balaban J connectivity index is 2.13. The molecule has 1 saturated carbocycles. The van der Waals surface area contributed by atoms with Crippen molar-refractivity contribution < 1.29 is 13.5 Å². The molecule has 0 amide bonds. The third kappa shape index (κ3) is 2.93. The molecule has 2 rings (SSSR count). The molecule has 3 nitrogen and oxygen atoms in total. The van der Waals surface area contributed by atoms with Crippen LogP contribution in [0.1, 0.15) is 37.7 Å². The van der Waals surface area contributed by atoms with Crippen LogP contribution in [-0.4, -0.2) is 25.4 Å². The largest absolute Gasteiger partial charge is 0.396 e. The van der Waals surface area contributed by atoms with Gasteiger partial charge in [0.25, 0.3) is 0 Å². The molecule has 0 bridgehead atoms. The number of aryl methyl sites for hydroxylation is 1. The molecule has 0 saturated heterocycles. The number of hydrogen-bond donors (Lipinski definition) is 1. The Morgan fingerprint density at radius 3 is 2.28 bits per heavy atom. The number of benzene rings is 1. The normalized spacial score (nSPS) is 17.2. The van der Waals surface area contributed by atoms with Crippen LogP contribution in [0, 0.1) is 0 Å². The van der Waals surface area contributed by atoms with E-state index < -0.39 is 9.84 Å². The Morgan fingerprint density at radius 1 is 1.11 bits per heavy atom. The predicted molar refractivity (Wildman–Crippen MR) is 71.3 cm³/mol. The summed E-state index contributed by atoms with van der Waals surface area (Å²) in [5, 5.41) is 8.58. The fraction of sp³-hybridized carbons (Fsp3) is 0.571. The van der Waals surface area contributed by atoms with Crippen LogP contribution in [0.15, 0.2) is 29.2 Å². The van der Waals surface area contributed by atoms with Gasteiger partial charge in [-0.3, -0.25) is 0 Å². The molecule has 4 heteroatoms. The fourth-order valence-electron chi connectivity index (χ4n) is 2.52. The molecule has 1 fully saturated rings. The topological polar surface area (TPSA) is 54.4 Å². The molecule has 1 aliphatic carbocycles. The molecule has 18 heavy (non-hydrogen) atoms. The minimum atomic E-state index is -3.13. The molecule has 1 aliphatic rings. The molecule has 1 aromatic carbocycles. The van der Waals surface area contributed by atoms with Crippen LogP contribution >= 0.6 is 0 Å². The molecular formula is C14H20O3S. The van der Waals surface area contributed by atoms with E-state index in [4.69, 9.17) is 5.11 Å². The van der Waals surface area contributed by atoms with E-state index in [-0.39, 0.29) is 11.9 Å². The molecule has 0 heterocycles. The van der Waals surface area contributed by atoms with Crippen molar-refractivity contribution in [1.82, 2.24) is 0 Å². The number of rotatable bonds is 5. The molecular weight excluding hydrogens is 248 g/mol. The molecule has 0 spiro atoms. The summed E-state index contributed by atoms with van der Waals surface area (Å²) < 4.78 is 24.6. The number of aliphatic hydroxyl groups is 1. The first-order valence-electron chi connectivity index (χ1n) is 6.58. The maximum absolute atomic E-state index is 12.3. The number of hydrogen-bond acceptors (Lipinski definition) is 3. The average Bonchev–Trinajstić information content (AvgIpc) is 2.91. The third-order valence-electron chi connectivity index (χ3n) is 3.62. The van der Waals surface area contributed by atoms with Crippen LogP contribution in [0.4, 0.5) is 0 Å². The molecule has 0 aliphatic heterocycles. The van der Waals surface area contributed by atoms with Gasteiger partial charge in [-0.15, -0.1) is 0 Å². The predicted octanol–water partition coefficient (Wildman–Crippen LogP) is 2.33. The first-order chi connectivity index (χ1) is 8.64. The summed E-state index contributed by atoms with van der Waals surface area (Å²) in [7, 11) is -3.13. The Labute approximate surface area is 109 Å². The van der Waals surface area contributed by atoms with Crippen LogP contribution in [0.5, 0.6) is 0 Å². The third-order valence-corrected chi connectivity index (χ3v) is 5.89. The first kappa shape index (κ1) is 13.6. The van der Waals surface area contributed by atoms with Crippen molar-refractivity contribution in [1.29, 1.82) is 0 Å². The van der Waals surface area contributed by atoms with Crippen molar-refractivity contribution in [3.05, 3.63) is 29.8 Å². The van der Waals surface area contributed by atoms with Gasteiger partial charge in [0.05, 0.1) is 10.1 Å². The summed E-state index contributed by atoms with van der Waals surface area (Å²) in [6, 6.07) is 7.13. The Bertz CT molecular complexity index is 470. The maximum Gasteiger partial charge on any atom is 0.181 e. The molecule has 100 valence electrons. The fourth-order valence-corrected chi connectivity index (χ4v) is 4.37. The van der Waals surface area contributed by atoms with Gasteiger partial charge in [-0.1, -0.05) is 25.0 Å². The van der Waals surface area contributed by atoms with Gasteiger partial charge in [0.2, 0.25) is 0 Å². The lowest BCUT2D eigenvalue weighted by Crippen LogP contribution is -2.17. The van der Waals surface area contributed by atoms with Gasteiger partial charge in [0.1, 0.15) is 0 Å². The van der Waals surface area contributed by atoms with Crippen molar-refractivity contribution in [3.8, 4) is 0 Å². The van der Waals surface area contributed by atoms with Crippen molar-refractivity contribution in [2.24, 2.45) is 0 Å². The van der Waals surface area contributed by atoms with E-state index in [2.05, 4.69) is 0 Å². The van der Waals surface area contributed by atoms with Crippen LogP contribution in [0.25, 0.3) is 0 Å². The lowest BCUT2D eigenvalue weighted by atomic mass is 10.1. The van der Waals surface area contributed by atoms with E-state index >= 15 is 0 Å². The summed E-state index contributed by atoms with van der Waals surface area (Å²) >= 11 is 0. The van der Waals surface area contributed by atoms with Gasteiger partial charge in [0, 0.05) is 6.61 Å². The van der Waals surface area contributed by atoms with Crippen molar-refractivity contribution in [2.75, 3.05) is 6.61 Å². The van der Waals surface area contributed by atoms with Gasteiger partial charge in [-0.25, -0.2) is 8.42 Å². The SMILES string of the molecule is O=S(=O)(c1ccc(CCCO)cc1)C1CCCC1. The van der Waals surface area contributed by atoms with Crippen LogP contribution in [0.3, 0.4) is 0 Å². The Kier molecular flexibility index (Phi) is 4.40. The highest BCUT2D eigenvalue weighted by Gasteiger charge is 2.29. The van der Waals surface area contributed by atoms with Gasteiger partial charge in [0.15, 0.2) is 9.84 Å². The highest BCUT2D eigenvalue weighted by atomic mass is 32.2. The van der Waals surface area contributed by atoms with Crippen molar-refractivity contribution >= 4 is 9.84 Å². The zero-order valence-electron chi connectivity index (χ0n) is 10.5.